The Morgan fingerprint density at radius 3 is 2.34 bits per heavy atom. The van der Waals surface area contributed by atoms with Crippen LogP contribution in [-0.4, -0.2) is 42.2 Å². The van der Waals surface area contributed by atoms with Gasteiger partial charge in [-0.2, -0.15) is 0 Å². The Labute approximate surface area is 190 Å². The van der Waals surface area contributed by atoms with Crippen LogP contribution in [0.3, 0.4) is 0 Å². The van der Waals surface area contributed by atoms with Crippen molar-refractivity contribution in [2.24, 2.45) is 11.3 Å². The summed E-state index contributed by atoms with van der Waals surface area (Å²) in [7, 11) is 1.32. The molecule has 1 aromatic carbocycles. The summed E-state index contributed by atoms with van der Waals surface area (Å²) in [6.45, 7) is 6.22. The van der Waals surface area contributed by atoms with Gasteiger partial charge < -0.3 is 10.1 Å². The van der Waals surface area contributed by atoms with E-state index in [0.717, 1.165) is 34.6 Å². The lowest BCUT2D eigenvalue weighted by Gasteiger charge is -2.33. The summed E-state index contributed by atoms with van der Waals surface area (Å²) < 4.78 is 4.98. The first-order valence-electron chi connectivity index (χ1n) is 10.6. The van der Waals surface area contributed by atoms with Crippen molar-refractivity contribution in [2.45, 2.75) is 40.0 Å². The number of thiophene rings is 1. The Morgan fingerprint density at radius 2 is 1.78 bits per heavy atom. The number of fused-ring (bicyclic) bond motifs is 2. The van der Waals surface area contributed by atoms with Crippen LogP contribution in [0, 0.1) is 11.3 Å². The Balaban J connectivity index is 1.56. The molecule has 8 heteroatoms. The molecule has 32 heavy (non-hydrogen) atoms. The molecule has 0 radical (unpaired) electrons. The molecule has 168 valence electrons. The number of anilines is 1. The summed E-state index contributed by atoms with van der Waals surface area (Å²) in [5.41, 5.74) is 2.04. The number of benzene rings is 1. The highest BCUT2D eigenvalue weighted by molar-refractivity contribution is 7.17. The molecule has 0 unspecified atom stereocenters. The predicted octanol–water partition coefficient (Wildman–Crippen LogP) is 3.92. The van der Waals surface area contributed by atoms with Crippen LogP contribution in [0.2, 0.25) is 0 Å². The van der Waals surface area contributed by atoms with E-state index in [2.05, 4.69) is 26.1 Å². The Morgan fingerprint density at radius 1 is 1.16 bits per heavy atom. The molecule has 7 nitrogen and oxygen atoms in total. The van der Waals surface area contributed by atoms with Crippen molar-refractivity contribution in [2.75, 3.05) is 19.0 Å². The van der Waals surface area contributed by atoms with Crippen molar-refractivity contribution >= 4 is 40.0 Å². The molecule has 0 bridgehead atoms. The van der Waals surface area contributed by atoms with E-state index in [1.165, 1.54) is 18.4 Å². The minimum absolute atomic E-state index is 0.141. The Kier molecular flexibility index (Phi) is 5.67. The first kappa shape index (κ1) is 22.2. The molecule has 1 aliphatic heterocycles. The number of carbonyl (C=O) groups is 4. The van der Waals surface area contributed by atoms with Crippen molar-refractivity contribution < 1.29 is 23.9 Å². The molecule has 1 N–H and O–H groups in total. The van der Waals surface area contributed by atoms with Crippen LogP contribution in [0.5, 0.6) is 0 Å². The minimum atomic E-state index is -0.532. The summed E-state index contributed by atoms with van der Waals surface area (Å²) in [4.78, 5) is 52.5. The van der Waals surface area contributed by atoms with Crippen LogP contribution in [-0.2, 0) is 22.4 Å². The van der Waals surface area contributed by atoms with Crippen molar-refractivity contribution in [1.82, 2.24) is 4.90 Å². The number of nitrogens with one attached hydrogen (secondary N) is 1. The van der Waals surface area contributed by atoms with Gasteiger partial charge in [0.15, 0.2) is 0 Å². The largest absolute Gasteiger partial charge is 0.465 e. The number of hydrogen-bond acceptors (Lipinski definition) is 6. The van der Waals surface area contributed by atoms with E-state index < -0.39 is 30.2 Å². The lowest BCUT2D eigenvalue weighted by molar-refractivity contribution is -0.116. The molecular weight excluding hydrogens is 428 g/mol. The van der Waals surface area contributed by atoms with E-state index in [4.69, 9.17) is 4.74 Å². The maximum Gasteiger partial charge on any atom is 0.341 e. The topological polar surface area (TPSA) is 92.8 Å². The fourth-order valence-corrected chi connectivity index (χ4v) is 5.76. The lowest BCUT2D eigenvalue weighted by atomic mass is 9.72. The highest BCUT2D eigenvalue weighted by Gasteiger charge is 2.37. The molecule has 1 aliphatic carbocycles. The third kappa shape index (κ3) is 3.83. The van der Waals surface area contributed by atoms with Crippen molar-refractivity contribution in [3.8, 4) is 0 Å². The van der Waals surface area contributed by atoms with Gasteiger partial charge >= 0.3 is 5.97 Å². The van der Waals surface area contributed by atoms with E-state index in [1.54, 1.807) is 24.3 Å². The van der Waals surface area contributed by atoms with Crippen molar-refractivity contribution in [1.29, 1.82) is 0 Å². The molecular formula is C24H26N2O5S. The molecule has 4 rings (SSSR count). The molecule has 0 saturated carbocycles. The van der Waals surface area contributed by atoms with Gasteiger partial charge in [0, 0.05) is 4.88 Å². The zero-order valence-corrected chi connectivity index (χ0v) is 19.4. The van der Waals surface area contributed by atoms with Gasteiger partial charge in [-0.1, -0.05) is 32.9 Å². The second-order valence-corrected chi connectivity index (χ2v) is 10.4. The predicted molar refractivity (Wildman–Crippen MR) is 121 cm³/mol. The van der Waals surface area contributed by atoms with Crippen LogP contribution < -0.4 is 5.32 Å². The molecule has 0 saturated heterocycles. The summed E-state index contributed by atoms with van der Waals surface area (Å²) in [5, 5.41) is 3.18. The number of nitrogens with zero attached hydrogens (tertiary/aromatic N) is 1. The van der Waals surface area contributed by atoms with Crippen LogP contribution in [0.15, 0.2) is 24.3 Å². The first-order valence-corrected chi connectivity index (χ1v) is 11.4. The van der Waals surface area contributed by atoms with Crippen LogP contribution in [0.4, 0.5) is 5.00 Å². The van der Waals surface area contributed by atoms with Gasteiger partial charge in [-0.05, 0) is 48.3 Å². The van der Waals surface area contributed by atoms with Gasteiger partial charge in [-0.3, -0.25) is 19.3 Å². The zero-order valence-electron chi connectivity index (χ0n) is 18.6. The Bertz CT molecular complexity index is 1090. The SMILES string of the molecule is COC(=O)c1c(NC(=O)CN2C(=O)c3ccccc3C2=O)sc2c1CC[C@H](C(C)(C)C)C2. The van der Waals surface area contributed by atoms with E-state index in [1.807, 2.05) is 0 Å². The van der Waals surface area contributed by atoms with Crippen molar-refractivity contribution in [3.63, 3.8) is 0 Å². The van der Waals surface area contributed by atoms with Gasteiger partial charge in [0.1, 0.15) is 11.5 Å². The minimum Gasteiger partial charge on any atom is -0.465 e. The average molecular weight is 455 g/mol. The third-order valence-corrected chi connectivity index (χ3v) is 7.48. The molecule has 0 fully saturated rings. The number of methoxy groups -OCH3 is 1. The molecule has 1 atom stereocenters. The maximum atomic E-state index is 12.8. The highest BCUT2D eigenvalue weighted by Crippen LogP contribution is 2.44. The fourth-order valence-electron chi connectivity index (χ4n) is 4.42. The smallest absolute Gasteiger partial charge is 0.341 e. The number of hydrogen-bond donors (Lipinski definition) is 1. The van der Waals surface area contributed by atoms with Gasteiger partial charge in [0.25, 0.3) is 11.8 Å². The molecule has 2 heterocycles. The van der Waals surface area contributed by atoms with E-state index in [9.17, 15) is 19.2 Å². The van der Waals surface area contributed by atoms with Crippen LogP contribution >= 0.6 is 11.3 Å². The highest BCUT2D eigenvalue weighted by atomic mass is 32.1. The Hall–Kier alpha value is -3.00. The van der Waals surface area contributed by atoms with Gasteiger partial charge in [-0.15, -0.1) is 11.3 Å². The molecule has 2 aromatic rings. The summed E-state index contributed by atoms with van der Waals surface area (Å²) in [6, 6.07) is 6.50. The normalized spacial score (nSPS) is 17.8. The monoisotopic (exact) mass is 454 g/mol. The number of esters is 1. The second-order valence-electron chi connectivity index (χ2n) is 9.30. The first-order chi connectivity index (χ1) is 15.1. The molecule has 3 amide bonds. The number of ether oxygens (including phenoxy) is 1. The molecule has 0 spiro atoms. The van der Waals surface area contributed by atoms with Gasteiger partial charge in [-0.25, -0.2) is 4.79 Å². The van der Waals surface area contributed by atoms with E-state index in [0.29, 0.717) is 27.6 Å². The average Bonchev–Trinajstić information content (AvgIpc) is 3.22. The lowest BCUT2D eigenvalue weighted by Crippen LogP contribution is -2.37. The summed E-state index contributed by atoms with van der Waals surface area (Å²) in [6.07, 6.45) is 2.54. The van der Waals surface area contributed by atoms with Gasteiger partial charge in [0.05, 0.1) is 23.8 Å². The number of rotatable bonds is 4. The number of carbonyl (C=O) groups excluding carboxylic acids is 4. The number of imide groups is 1. The van der Waals surface area contributed by atoms with Crippen LogP contribution in [0.1, 0.15) is 68.7 Å². The van der Waals surface area contributed by atoms with Gasteiger partial charge in [0.2, 0.25) is 5.91 Å². The zero-order chi connectivity index (χ0) is 23.2. The molecule has 2 aliphatic rings. The summed E-state index contributed by atoms with van der Waals surface area (Å²) >= 11 is 1.38. The van der Waals surface area contributed by atoms with Crippen LogP contribution in [0.25, 0.3) is 0 Å². The second kappa shape index (κ2) is 8.16. The third-order valence-electron chi connectivity index (χ3n) is 6.31. The fraction of sp³-hybridized carbons (Fsp3) is 0.417. The van der Waals surface area contributed by atoms with E-state index >= 15 is 0 Å². The van der Waals surface area contributed by atoms with E-state index in [-0.39, 0.29) is 5.41 Å². The summed E-state index contributed by atoms with van der Waals surface area (Å²) in [5.74, 6) is -1.54. The molecule has 1 aromatic heterocycles. The number of amides is 3. The standard InChI is InChI=1S/C24H26N2O5S/c1-24(2,3)13-9-10-16-17(11-13)32-20(19(16)23(30)31-4)25-18(27)12-26-21(28)14-7-5-6-8-15(14)22(26)29/h5-8,13H,9-12H2,1-4H3,(H,25,27)/t13-/m0/s1. The maximum absolute atomic E-state index is 12.8. The van der Waals surface area contributed by atoms with Crippen molar-refractivity contribution in [3.05, 3.63) is 51.4 Å². The quantitative estimate of drug-likeness (QED) is 0.558.